The van der Waals surface area contributed by atoms with Crippen molar-refractivity contribution in [1.82, 2.24) is 54.7 Å². The maximum absolute atomic E-state index is 5.68. The second-order valence-corrected chi connectivity index (χ2v) is 24.9. The quantitative estimate of drug-likeness (QED) is 0.141. The van der Waals surface area contributed by atoms with Crippen molar-refractivity contribution in [3.63, 3.8) is 0 Å². The van der Waals surface area contributed by atoms with Gasteiger partial charge in [0.15, 0.2) is 0 Å². The largest absolute Gasteiger partial charge is 0.386 e. The van der Waals surface area contributed by atoms with Crippen LogP contribution in [0, 0.1) is 5.92 Å². The molecule has 6 heterocycles. The summed E-state index contributed by atoms with van der Waals surface area (Å²) < 4.78 is 0. The first-order valence-corrected chi connectivity index (χ1v) is 30.6. The predicted octanol–water partition coefficient (Wildman–Crippen LogP) is 9.81. The van der Waals surface area contributed by atoms with Gasteiger partial charge in [-0.25, -0.2) is 0 Å². The van der Waals surface area contributed by atoms with Gasteiger partial charge in [0.25, 0.3) is 0 Å². The monoisotopic (exact) mass is 1060 g/mol. The summed E-state index contributed by atoms with van der Waals surface area (Å²) in [6, 6.07) is 6.90. The van der Waals surface area contributed by atoms with E-state index < -0.39 is 0 Å². The van der Waals surface area contributed by atoms with Crippen LogP contribution >= 0.6 is 0 Å². The molecule has 75 heavy (non-hydrogen) atoms. The lowest BCUT2D eigenvalue weighted by Gasteiger charge is -2.39. The van der Waals surface area contributed by atoms with E-state index in [1.807, 2.05) is 7.05 Å². The van der Waals surface area contributed by atoms with E-state index in [2.05, 4.69) is 200 Å². The molecule has 0 aromatic heterocycles. The Morgan fingerprint density at radius 3 is 1.07 bits per heavy atom. The second-order valence-electron chi connectivity index (χ2n) is 24.9. The molecule has 0 amide bonds. The van der Waals surface area contributed by atoms with Crippen molar-refractivity contribution < 1.29 is 0 Å². The number of nitrogens with zero attached hydrogens (tertiary/aromatic N) is 9. The normalized spacial score (nSPS) is 20.9. The highest BCUT2D eigenvalue weighted by Crippen LogP contribution is 2.20. The van der Waals surface area contributed by atoms with Crippen LogP contribution in [0.4, 0.5) is 0 Å². The van der Waals surface area contributed by atoms with Gasteiger partial charge in [0.05, 0.1) is 11.6 Å². The SMILES string of the molecule is C.C=C(N)N(C)C1CCN(C(C)C)CC1.C=C(N)NC1CCN(C(C)C)CC1.CC(C)N(C)C.CC(C)N1CCCCC1.CC1CCN(C(C)C)CC1.CCN1CCN(C(C)C)CC1.CNC1CCN(C(C)C)CC1. The van der Waals surface area contributed by atoms with Crippen LogP contribution in [-0.4, -0.2) is 231 Å². The molecular formula is C62H137N13. The van der Waals surface area contributed by atoms with Crippen LogP contribution in [0.2, 0.25) is 0 Å². The summed E-state index contributed by atoms with van der Waals surface area (Å²) in [4.78, 5) is 22.0. The van der Waals surface area contributed by atoms with E-state index in [-0.39, 0.29) is 7.43 Å². The molecule has 0 unspecified atom stereocenters. The van der Waals surface area contributed by atoms with Crippen molar-refractivity contribution >= 4 is 0 Å². The number of hydrogen-bond acceptors (Lipinski definition) is 13. The van der Waals surface area contributed by atoms with Gasteiger partial charge in [-0.15, -0.1) is 0 Å². The molecule has 6 fully saturated rings. The first-order valence-electron chi connectivity index (χ1n) is 30.6. The molecule has 13 heteroatoms. The molecule has 0 spiro atoms. The van der Waals surface area contributed by atoms with Crippen molar-refractivity contribution in [2.45, 2.75) is 249 Å². The van der Waals surface area contributed by atoms with Crippen molar-refractivity contribution in [1.29, 1.82) is 0 Å². The Kier molecular flexibility index (Phi) is 43.4. The number of nitrogens with one attached hydrogen (secondary N) is 2. The zero-order valence-electron chi connectivity index (χ0n) is 53.3. The Morgan fingerprint density at radius 1 is 0.480 bits per heavy atom. The van der Waals surface area contributed by atoms with Crippen molar-refractivity contribution in [2.75, 3.05) is 126 Å². The molecule has 0 aliphatic carbocycles. The first kappa shape index (κ1) is 75.4. The summed E-state index contributed by atoms with van der Waals surface area (Å²) in [6.45, 7) is 62.4. The van der Waals surface area contributed by atoms with Crippen LogP contribution < -0.4 is 22.1 Å². The molecule has 0 saturated carbocycles. The number of nitrogens with two attached hydrogens (primary N) is 2. The lowest BCUT2D eigenvalue weighted by atomic mass is 9.98. The summed E-state index contributed by atoms with van der Waals surface area (Å²) in [5.41, 5.74) is 11.2. The van der Waals surface area contributed by atoms with E-state index in [0.29, 0.717) is 41.9 Å². The highest BCUT2D eigenvalue weighted by atomic mass is 15.3. The molecule has 6 N–H and O–H groups in total. The Hall–Kier alpha value is -1.68. The minimum atomic E-state index is 0. The number of piperidine rings is 5. The minimum absolute atomic E-state index is 0. The third kappa shape index (κ3) is 35.5. The second kappa shape index (κ2) is 43.2. The van der Waals surface area contributed by atoms with E-state index in [1.165, 1.54) is 169 Å². The van der Waals surface area contributed by atoms with Gasteiger partial charge >= 0.3 is 0 Å². The van der Waals surface area contributed by atoms with Gasteiger partial charge in [-0.3, -0.25) is 4.90 Å². The minimum Gasteiger partial charge on any atom is -0.386 e. The van der Waals surface area contributed by atoms with Gasteiger partial charge in [0, 0.05) is 120 Å². The zero-order chi connectivity index (χ0) is 56.5. The van der Waals surface area contributed by atoms with Gasteiger partial charge in [-0.2, -0.15) is 0 Å². The number of likely N-dealkylation sites (tertiary alicyclic amines) is 5. The average Bonchev–Trinajstić information content (AvgIpc) is 3.37. The molecule has 6 rings (SSSR count). The number of rotatable bonds is 13. The van der Waals surface area contributed by atoms with Gasteiger partial charge < -0.3 is 61.3 Å². The molecule has 0 atom stereocenters. The van der Waals surface area contributed by atoms with Crippen LogP contribution in [0.1, 0.15) is 189 Å². The van der Waals surface area contributed by atoms with Crippen LogP contribution in [0.15, 0.2) is 24.8 Å². The maximum Gasteiger partial charge on any atom is 0.0912 e. The Balaban J connectivity index is 0. The maximum atomic E-state index is 5.68. The number of piperazine rings is 1. The van der Waals surface area contributed by atoms with E-state index in [0.717, 1.165) is 36.1 Å². The van der Waals surface area contributed by atoms with Gasteiger partial charge in [-0.05, 0) is 234 Å². The molecule has 0 bridgehead atoms. The van der Waals surface area contributed by atoms with E-state index >= 15 is 0 Å². The van der Waals surface area contributed by atoms with Crippen LogP contribution in [0.5, 0.6) is 0 Å². The predicted molar refractivity (Wildman–Crippen MR) is 336 cm³/mol. The summed E-state index contributed by atoms with van der Waals surface area (Å²) >= 11 is 0. The molecule has 0 aromatic carbocycles. The van der Waals surface area contributed by atoms with Gasteiger partial charge in [0.1, 0.15) is 0 Å². The summed E-state index contributed by atoms with van der Waals surface area (Å²) in [7, 11) is 8.25. The highest BCUT2D eigenvalue weighted by Gasteiger charge is 2.25. The molecule has 6 aliphatic heterocycles. The number of hydrogen-bond donors (Lipinski definition) is 4. The molecule has 6 saturated heterocycles. The standard InChI is InChI=1S/C11H23N3.C10H21N3.2C9H20N2.C9H19N.C8H17N.C5H13N.CH4/c1-9(2)14-7-5-11(6-8-14)13(4)10(3)12;1-8(2)13-6-4-10(5-7-13)12-9(3)11;1-8(2)11-6-4-9(10-3)5-7-11;1-4-10-5-7-11(8-6-10)9(2)3;1-8(2)10-6-4-9(3)5-7-10;1-8(2)9-6-4-3-5-7-9;1-5(2)6(3)4;/h9,11H,3,5-8,12H2,1-2,4H3;8,10,12H,3-7,11H2,1-2H3;8-10H,4-7H2,1-3H3;9H,4-8H2,1-3H3;8-9H,4-7H2,1-3H3;8H,3-7H2,1-2H3;5H,1-4H3;1H4. The Bertz CT molecular complexity index is 1270. The summed E-state index contributed by atoms with van der Waals surface area (Å²) in [6.07, 6.45) is 14.5. The fourth-order valence-corrected chi connectivity index (χ4v) is 10.1. The molecule has 0 aromatic rings. The van der Waals surface area contributed by atoms with Gasteiger partial charge in [-0.1, -0.05) is 40.9 Å². The molecule has 450 valence electrons. The van der Waals surface area contributed by atoms with Crippen LogP contribution in [0.3, 0.4) is 0 Å². The molecule has 0 radical (unpaired) electrons. The Morgan fingerprint density at radius 2 is 0.787 bits per heavy atom. The first-order chi connectivity index (χ1) is 34.7. The smallest absolute Gasteiger partial charge is 0.0912 e. The molecule has 6 aliphatic rings. The third-order valence-corrected chi connectivity index (χ3v) is 16.8. The Labute approximate surface area is 470 Å². The van der Waals surface area contributed by atoms with Crippen molar-refractivity contribution in [3.8, 4) is 0 Å². The van der Waals surface area contributed by atoms with E-state index in [1.54, 1.807) is 0 Å². The fraction of sp³-hybridized carbons (Fsp3) is 0.935. The van der Waals surface area contributed by atoms with Crippen LogP contribution in [-0.2, 0) is 0 Å². The summed E-state index contributed by atoms with van der Waals surface area (Å²) in [5.74, 6) is 2.26. The highest BCUT2D eigenvalue weighted by molar-refractivity contribution is 4.92. The molecular weight excluding hydrogens is 927 g/mol. The third-order valence-electron chi connectivity index (χ3n) is 16.8. The topological polar surface area (TPSA) is 105 Å². The van der Waals surface area contributed by atoms with Crippen molar-refractivity contribution in [3.05, 3.63) is 24.8 Å². The summed E-state index contributed by atoms with van der Waals surface area (Å²) in [5, 5.41) is 6.53. The van der Waals surface area contributed by atoms with E-state index in [9.17, 15) is 0 Å². The lowest BCUT2D eigenvalue weighted by molar-refractivity contribution is 0.112. The van der Waals surface area contributed by atoms with Gasteiger partial charge in [0.2, 0.25) is 0 Å². The average molecular weight is 1060 g/mol. The van der Waals surface area contributed by atoms with Crippen LogP contribution in [0.25, 0.3) is 0 Å². The zero-order valence-corrected chi connectivity index (χ0v) is 53.3. The number of likely N-dealkylation sites (N-methyl/N-ethyl adjacent to an activating group) is 1. The fourth-order valence-electron chi connectivity index (χ4n) is 10.1. The molecule has 13 nitrogen and oxygen atoms in total. The lowest BCUT2D eigenvalue weighted by Crippen LogP contribution is -2.48. The van der Waals surface area contributed by atoms with E-state index in [4.69, 9.17) is 11.5 Å². The van der Waals surface area contributed by atoms with Crippen molar-refractivity contribution in [2.24, 2.45) is 17.4 Å².